The number of carboxylic acid groups (broad SMARTS) is 1. The van der Waals surface area contributed by atoms with Gasteiger partial charge in [-0.25, -0.2) is 0 Å². The first-order valence-electron chi connectivity index (χ1n) is 6.96. The number of benzene rings is 2. The number of carboxylic acids is 1. The fraction of sp³-hybridized carbons (Fsp3) is 0.278. The smallest absolute Gasteiger partial charge is 0.313 e. The summed E-state index contributed by atoms with van der Waals surface area (Å²) in [6, 6.07) is 13.1. The van der Waals surface area contributed by atoms with E-state index in [-0.39, 0.29) is 0 Å². The van der Waals surface area contributed by atoms with Gasteiger partial charge in [-0.3, -0.25) is 4.79 Å². The number of aliphatic carboxylic acids is 1. The van der Waals surface area contributed by atoms with E-state index in [1.54, 1.807) is 28.1 Å². The molecule has 1 N–H and O–H groups in total. The lowest BCUT2D eigenvalue weighted by atomic mass is 9.83. The zero-order valence-corrected chi connectivity index (χ0v) is 13.2. The highest BCUT2D eigenvalue weighted by Gasteiger charge is 2.29. The van der Waals surface area contributed by atoms with Gasteiger partial charge in [-0.1, -0.05) is 18.2 Å². The number of hydrogen-bond donors (Lipinski definition) is 1. The van der Waals surface area contributed by atoms with E-state index < -0.39 is 11.4 Å². The highest BCUT2D eigenvalue weighted by molar-refractivity contribution is 5.81. The molecule has 0 bridgehead atoms. The lowest BCUT2D eigenvalue weighted by molar-refractivity contribution is -0.142. The monoisotopic (exact) mass is 300 g/mol. The molecule has 0 fully saturated rings. The van der Waals surface area contributed by atoms with E-state index in [1.807, 2.05) is 42.5 Å². The molecule has 0 aromatic heterocycles. The van der Waals surface area contributed by atoms with Crippen molar-refractivity contribution in [2.75, 3.05) is 14.2 Å². The van der Waals surface area contributed by atoms with Crippen LogP contribution >= 0.6 is 0 Å². The molecule has 0 spiro atoms. The van der Waals surface area contributed by atoms with Crippen LogP contribution in [0, 0.1) is 0 Å². The van der Waals surface area contributed by atoms with Gasteiger partial charge in [-0.2, -0.15) is 0 Å². The van der Waals surface area contributed by atoms with Crippen molar-refractivity contribution in [2.24, 2.45) is 0 Å². The summed E-state index contributed by atoms with van der Waals surface area (Å²) in [5.41, 5.74) is 1.60. The molecule has 0 radical (unpaired) electrons. The minimum Gasteiger partial charge on any atom is -0.497 e. The molecule has 0 aliphatic heterocycles. The maximum Gasteiger partial charge on any atom is 0.313 e. The van der Waals surface area contributed by atoms with E-state index in [0.29, 0.717) is 11.5 Å². The minimum absolute atomic E-state index is 0.685. The summed E-state index contributed by atoms with van der Waals surface area (Å²) in [4.78, 5) is 11.4. The van der Waals surface area contributed by atoms with Gasteiger partial charge in [0.2, 0.25) is 0 Å². The molecular weight excluding hydrogens is 280 g/mol. The van der Waals surface area contributed by atoms with E-state index in [0.717, 1.165) is 16.7 Å². The average molecular weight is 300 g/mol. The van der Waals surface area contributed by atoms with Gasteiger partial charge in [-0.05, 0) is 43.2 Å². The summed E-state index contributed by atoms with van der Waals surface area (Å²) in [6.07, 6.45) is 0. The van der Waals surface area contributed by atoms with Crippen LogP contribution in [0.5, 0.6) is 11.5 Å². The Morgan fingerprint density at radius 1 is 1.05 bits per heavy atom. The zero-order valence-electron chi connectivity index (χ0n) is 13.2. The van der Waals surface area contributed by atoms with Gasteiger partial charge in [0, 0.05) is 11.6 Å². The van der Waals surface area contributed by atoms with Crippen molar-refractivity contribution in [2.45, 2.75) is 19.3 Å². The first-order chi connectivity index (χ1) is 10.4. The van der Waals surface area contributed by atoms with Crippen LogP contribution in [-0.4, -0.2) is 25.3 Å². The topological polar surface area (TPSA) is 55.8 Å². The van der Waals surface area contributed by atoms with Crippen LogP contribution < -0.4 is 9.47 Å². The van der Waals surface area contributed by atoms with Crippen LogP contribution in [0.2, 0.25) is 0 Å². The molecule has 116 valence electrons. The zero-order chi connectivity index (χ0) is 16.3. The van der Waals surface area contributed by atoms with Gasteiger partial charge in [0.1, 0.15) is 11.5 Å². The molecule has 2 aromatic rings. The van der Waals surface area contributed by atoms with Crippen molar-refractivity contribution < 1.29 is 19.4 Å². The maximum absolute atomic E-state index is 11.4. The number of hydrogen-bond acceptors (Lipinski definition) is 3. The SMILES string of the molecule is COc1ccc(-c2cccc(C(C)(C)C(=O)O)c2)c(OC)c1. The summed E-state index contributed by atoms with van der Waals surface area (Å²) < 4.78 is 10.6. The molecule has 0 saturated carbocycles. The predicted molar refractivity (Wildman–Crippen MR) is 85.6 cm³/mol. The molecule has 0 heterocycles. The molecule has 0 unspecified atom stereocenters. The van der Waals surface area contributed by atoms with Crippen molar-refractivity contribution in [3.05, 3.63) is 48.0 Å². The van der Waals surface area contributed by atoms with Crippen molar-refractivity contribution in [1.82, 2.24) is 0 Å². The highest BCUT2D eigenvalue weighted by Crippen LogP contribution is 2.35. The molecule has 4 nitrogen and oxygen atoms in total. The van der Waals surface area contributed by atoms with Gasteiger partial charge in [0.05, 0.1) is 19.6 Å². The van der Waals surface area contributed by atoms with Crippen molar-refractivity contribution >= 4 is 5.97 Å². The van der Waals surface area contributed by atoms with Crippen LogP contribution in [0.4, 0.5) is 0 Å². The Balaban J connectivity index is 2.53. The standard InChI is InChI=1S/C18H20O4/c1-18(2,17(19)20)13-7-5-6-12(10-13)15-9-8-14(21-3)11-16(15)22-4/h5-11H,1-4H3,(H,19,20). The molecule has 4 heteroatoms. The largest absolute Gasteiger partial charge is 0.497 e. The van der Waals surface area contributed by atoms with Crippen LogP contribution in [0.1, 0.15) is 19.4 Å². The second-order valence-corrected chi connectivity index (χ2v) is 5.58. The molecule has 2 rings (SSSR count). The predicted octanol–water partition coefficient (Wildman–Crippen LogP) is 3.73. The van der Waals surface area contributed by atoms with E-state index in [1.165, 1.54) is 0 Å². The lowest BCUT2D eigenvalue weighted by Crippen LogP contribution is -2.28. The second-order valence-electron chi connectivity index (χ2n) is 5.58. The Kier molecular flexibility index (Phi) is 4.40. The molecule has 0 aliphatic carbocycles. The second kappa shape index (κ2) is 6.10. The highest BCUT2D eigenvalue weighted by atomic mass is 16.5. The molecule has 0 aliphatic rings. The minimum atomic E-state index is -0.949. The fourth-order valence-electron chi connectivity index (χ4n) is 2.24. The van der Waals surface area contributed by atoms with Crippen LogP contribution in [-0.2, 0) is 10.2 Å². The molecule has 0 saturated heterocycles. The third-order valence-electron chi connectivity index (χ3n) is 3.84. The first-order valence-corrected chi connectivity index (χ1v) is 6.96. The van der Waals surface area contributed by atoms with Gasteiger partial charge < -0.3 is 14.6 Å². The molecule has 22 heavy (non-hydrogen) atoms. The van der Waals surface area contributed by atoms with E-state index in [2.05, 4.69) is 0 Å². The summed E-state index contributed by atoms with van der Waals surface area (Å²) in [7, 11) is 3.20. The Morgan fingerprint density at radius 3 is 2.36 bits per heavy atom. The molecular formula is C18H20O4. The van der Waals surface area contributed by atoms with Crippen molar-refractivity contribution in [3.63, 3.8) is 0 Å². The normalized spacial score (nSPS) is 11.1. The number of ether oxygens (including phenoxy) is 2. The van der Waals surface area contributed by atoms with Crippen molar-refractivity contribution in [3.8, 4) is 22.6 Å². The fourth-order valence-corrected chi connectivity index (χ4v) is 2.24. The average Bonchev–Trinajstić information content (AvgIpc) is 2.54. The molecule has 2 aromatic carbocycles. The first kappa shape index (κ1) is 15.9. The van der Waals surface area contributed by atoms with Gasteiger partial charge in [0.25, 0.3) is 0 Å². The maximum atomic E-state index is 11.4. The van der Waals surface area contributed by atoms with Crippen LogP contribution in [0.15, 0.2) is 42.5 Å². The Labute approximate surface area is 130 Å². The Bertz CT molecular complexity index is 689. The summed E-state index contributed by atoms with van der Waals surface area (Å²) in [5.74, 6) is 0.540. The summed E-state index contributed by atoms with van der Waals surface area (Å²) >= 11 is 0. The third-order valence-corrected chi connectivity index (χ3v) is 3.84. The molecule has 0 atom stereocenters. The number of rotatable bonds is 5. The lowest BCUT2D eigenvalue weighted by Gasteiger charge is -2.21. The van der Waals surface area contributed by atoms with Gasteiger partial charge in [0.15, 0.2) is 0 Å². The Hall–Kier alpha value is -2.49. The number of methoxy groups -OCH3 is 2. The van der Waals surface area contributed by atoms with Crippen molar-refractivity contribution in [1.29, 1.82) is 0 Å². The summed E-state index contributed by atoms with van der Waals surface area (Å²) in [5, 5.41) is 9.38. The number of carbonyl (C=O) groups is 1. The Morgan fingerprint density at radius 2 is 1.77 bits per heavy atom. The van der Waals surface area contributed by atoms with Crippen LogP contribution in [0.3, 0.4) is 0 Å². The molecule has 0 amide bonds. The summed E-state index contributed by atoms with van der Waals surface area (Å²) in [6.45, 7) is 3.39. The van der Waals surface area contributed by atoms with E-state index >= 15 is 0 Å². The quantitative estimate of drug-likeness (QED) is 0.914. The van der Waals surface area contributed by atoms with Gasteiger partial charge >= 0.3 is 5.97 Å². The van der Waals surface area contributed by atoms with Crippen LogP contribution in [0.25, 0.3) is 11.1 Å². The third kappa shape index (κ3) is 2.91. The van der Waals surface area contributed by atoms with E-state index in [4.69, 9.17) is 9.47 Å². The van der Waals surface area contributed by atoms with E-state index in [9.17, 15) is 9.90 Å². The van der Waals surface area contributed by atoms with Gasteiger partial charge in [-0.15, -0.1) is 0 Å².